The molecule has 0 aromatic heterocycles. The zero-order chi connectivity index (χ0) is 11.5. The van der Waals surface area contributed by atoms with Gasteiger partial charge < -0.3 is 10.6 Å². The molecule has 2 N–H and O–H groups in total. The average molecular weight is 239 g/mol. The monoisotopic (exact) mass is 238 g/mol. The fourth-order valence-electron chi connectivity index (χ4n) is 1.98. The first-order chi connectivity index (χ1) is 7.65. The number of hydrogen-bond acceptors (Lipinski definition) is 2. The molecule has 4 heteroatoms. The number of aryl methyl sites for hydroxylation is 1. The summed E-state index contributed by atoms with van der Waals surface area (Å²) in [6.07, 6.45) is 0.472. The van der Waals surface area contributed by atoms with Gasteiger partial charge in [-0.05, 0) is 30.2 Å². The minimum Gasteiger partial charge on any atom is -0.355 e. The van der Waals surface area contributed by atoms with Gasteiger partial charge in [-0.15, -0.1) is 0 Å². The van der Waals surface area contributed by atoms with Crippen LogP contribution in [0.25, 0.3) is 0 Å². The molecule has 0 bridgehead atoms. The smallest absolute Gasteiger partial charge is 0.221 e. The maximum Gasteiger partial charge on any atom is 0.221 e. The second-order valence-electron chi connectivity index (χ2n) is 4.12. The molecular formula is C12H15ClN2O. The van der Waals surface area contributed by atoms with Crippen LogP contribution in [0.3, 0.4) is 0 Å². The fraction of sp³-hybridized carbons (Fsp3) is 0.417. The van der Waals surface area contributed by atoms with Gasteiger partial charge in [0.1, 0.15) is 0 Å². The van der Waals surface area contributed by atoms with Gasteiger partial charge in [-0.25, -0.2) is 0 Å². The van der Waals surface area contributed by atoms with E-state index in [-0.39, 0.29) is 11.9 Å². The zero-order valence-electron chi connectivity index (χ0n) is 9.22. The van der Waals surface area contributed by atoms with Gasteiger partial charge in [0, 0.05) is 30.6 Å². The van der Waals surface area contributed by atoms with Crippen LogP contribution in [-0.4, -0.2) is 19.0 Å². The van der Waals surface area contributed by atoms with Crippen LogP contribution >= 0.6 is 11.6 Å². The van der Waals surface area contributed by atoms with E-state index in [2.05, 4.69) is 16.7 Å². The van der Waals surface area contributed by atoms with Gasteiger partial charge in [0.25, 0.3) is 0 Å². The molecule has 1 aromatic carbocycles. The third kappa shape index (κ3) is 2.74. The summed E-state index contributed by atoms with van der Waals surface area (Å²) in [5.74, 6) is 0.0904. The maximum absolute atomic E-state index is 11.5. The summed E-state index contributed by atoms with van der Waals surface area (Å²) in [4.78, 5) is 11.5. The number of carbonyl (C=O) groups excluding carboxylic acids is 1. The van der Waals surface area contributed by atoms with Crippen molar-refractivity contribution in [2.24, 2.45) is 0 Å². The van der Waals surface area contributed by atoms with Crippen molar-refractivity contribution in [1.29, 1.82) is 0 Å². The van der Waals surface area contributed by atoms with Crippen LogP contribution in [0, 0.1) is 6.92 Å². The highest BCUT2D eigenvalue weighted by Crippen LogP contribution is 2.23. The highest BCUT2D eigenvalue weighted by atomic mass is 35.5. The lowest BCUT2D eigenvalue weighted by Gasteiger charge is -2.15. The van der Waals surface area contributed by atoms with Crippen molar-refractivity contribution in [3.8, 4) is 0 Å². The molecule has 1 atom stereocenters. The molecule has 1 fully saturated rings. The molecule has 0 aliphatic carbocycles. The Labute approximate surface area is 100 Å². The SMILES string of the molecule is Cc1cc(Cl)cc(C2CC(=O)NCCN2)c1. The largest absolute Gasteiger partial charge is 0.355 e. The van der Waals surface area contributed by atoms with Crippen LogP contribution in [0.1, 0.15) is 23.6 Å². The molecule has 3 nitrogen and oxygen atoms in total. The summed E-state index contributed by atoms with van der Waals surface area (Å²) in [6, 6.07) is 5.98. The van der Waals surface area contributed by atoms with E-state index < -0.39 is 0 Å². The second kappa shape index (κ2) is 4.85. The lowest BCUT2D eigenvalue weighted by molar-refractivity contribution is -0.121. The molecule has 86 valence electrons. The Bertz CT molecular complexity index is 386. The summed E-state index contributed by atoms with van der Waals surface area (Å²) in [5.41, 5.74) is 2.20. The molecular weight excluding hydrogens is 224 g/mol. The quantitative estimate of drug-likeness (QED) is 0.784. The number of nitrogens with one attached hydrogen (secondary N) is 2. The molecule has 1 aromatic rings. The Balaban J connectivity index is 2.24. The van der Waals surface area contributed by atoms with E-state index in [0.717, 1.165) is 22.7 Å². The number of rotatable bonds is 1. The van der Waals surface area contributed by atoms with Crippen molar-refractivity contribution in [2.45, 2.75) is 19.4 Å². The van der Waals surface area contributed by atoms with Crippen molar-refractivity contribution in [2.75, 3.05) is 13.1 Å². The molecule has 0 radical (unpaired) electrons. The Kier molecular flexibility index (Phi) is 3.46. The second-order valence-corrected chi connectivity index (χ2v) is 4.56. The highest BCUT2D eigenvalue weighted by Gasteiger charge is 2.18. The summed E-state index contributed by atoms with van der Waals surface area (Å²) in [6.45, 7) is 3.49. The molecule has 16 heavy (non-hydrogen) atoms. The predicted molar refractivity (Wildman–Crippen MR) is 64.6 cm³/mol. The summed E-state index contributed by atoms with van der Waals surface area (Å²) in [7, 11) is 0. The number of benzene rings is 1. The van der Waals surface area contributed by atoms with Gasteiger partial charge in [-0.2, -0.15) is 0 Å². The number of carbonyl (C=O) groups is 1. The Morgan fingerprint density at radius 3 is 2.88 bits per heavy atom. The third-order valence-corrected chi connectivity index (χ3v) is 2.91. The predicted octanol–water partition coefficient (Wildman–Crippen LogP) is 1.80. The average Bonchev–Trinajstić information content (AvgIpc) is 2.41. The van der Waals surface area contributed by atoms with E-state index in [9.17, 15) is 4.79 Å². The summed E-state index contributed by atoms with van der Waals surface area (Å²) in [5, 5.41) is 6.90. The van der Waals surface area contributed by atoms with Crippen LogP contribution < -0.4 is 10.6 Å². The van der Waals surface area contributed by atoms with Crippen LogP contribution in [0.5, 0.6) is 0 Å². The minimum atomic E-state index is 0.0694. The van der Waals surface area contributed by atoms with Crippen LogP contribution in [0.2, 0.25) is 5.02 Å². The van der Waals surface area contributed by atoms with Crippen LogP contribution in [0.15, 0.2) is 18.2 Å². The van der Waals surface area contributed by atoms with Gasteiger partial charge in [0.2, 0.25) is 5.91 Å². The molecule has 1 aliphatic heterocycles. The Morgan fingerprint density at radius 1 is 1.31 bits per heavy atom. The third-order valence-electron chi connectivity index (χ3n) is 2.69. The maximum atomic E-state index is 11.5. The van der Waals surface area contributed by atoms with Crippen molar-refractivity contribution >= 4 is 17.5 Å². The summed E-state index contributed by atoms with van der Waals surface area (Å²) < 4.78 is 0. The first kappa shape index (κ1) is 11.4. The minimum absolute atomic E-state index is 0.0694. The Morgan fingerprint density at radius 2 is 2.12 bits per heavy atom. The summed E-state index contributed by atoms with van der Waals surface area (Å²) >= 11 is 6.02. The van der Waals surface area contributed by atoms with Gasteiger partial charge in [-0.3, -0.25) is 4.79 Å². The molecule has 1 heterocycles. The van der Waals surface area contributed by atoms with E-state index >= 15 is 0 Å². The van der Waals surface area contributed by atoms with Crippen LogP contribution in [-0.2, 0) is 4.79 Å². The van der Waals surface area contributed by atoms with E-state index in [1.165, 1.54) is 0 Å². The van der Waals surface area contributed by atoms with Gasteiger partial charge in [0.15, 0.2) is 0 Å². The van der Waals surface area contributed by atoms with E-state index in [1.54, 1.807) is 0 Å². The van der Waals surface area contributed by atoms with E-state index in [4.69, 9.17) is 11.6 Å². The van der Waals surface area contributed by atoms with Crippen molar-refractivity contribution in [1.82, 2.24) is 10.6 Å². The number of hydrogen-bond donors (Lipinski definition) is 2. The molecule has 1 aliphatic rings. The molecule has 1 amide bonds. The number of amides is 1. The lowest BCUT2D eigenvalue weighted by Crippen LogP contribution is -2.24. The normalized spacial score (nSPS) is 21.4. The molecule has 2 rings (SSSR count). The standard InChI is InChI=1S/C12H15ClN2O/c1-8-4-9(6-10(13)5-8)11-7-12(16)15-3-2-14-11/h4-6,11,14H,2-3,7H2,1H3,(H,15,16). The van der Waals surface area contributed by atoms with Crippen molar-refractivity contribution < 1.29 is 4.79 Å². The van der Waals surface area contributed by atoms with Crippen molar-refractivity contribution in [3.63, 3.8) is 0 Å². The molecule has 0 saturated carbocycles. The van der Waals surface area contributed by atoms with Gasteiger partial charge in [0.05, 0.1) is 0 Å². The Hall–Kier alpha value is -1.06. The van der Waals surface area contributed by atoms with Crippen molar-refractivity contribution in [3.05, 3.63) is 34.3 Å². The molecule has 0 spiro atoms. The first-order valence-electron chi connectivity index (χ1n) is 5.42. The topological polar surface area (TPSA) is 41.1 Å². The van der Waals surface area contributed by atoms with Crippen LogP contribution in [0.4, 0.5) is 0 Å². The zero-order valence-corrected chi connectivity index (χ0v) is 9.97. The van der Waals surface area contributed by atoms with Gasteiger partial charge >= 0.3 is 0 Å². The molecule has 1 unspecified atom stereocenters. The lowest BCUT2D eigenvalue weighted by atomic mass is 10.0. The highest BCUT2D eigenvalue weighted by molar-refractivity contribution is 6.30. The van der Waals surface area contributed by atoms with Gasteiger partial charge in [-0.1, -0.05) is 17.7 Å². The number of halogens is 1. The molecule has 1 saturated heterocycles. The fourth-order valence-corrected chi connectivity index (χ4v) is 2.28. The van der Waals surface area contributed by atoms with E-state index in [1.807, 2.05) is 19.1 Å². The first-order valence-corrected chi connectivity index (χ1v) is 5.80. The van der Waals surface area contributed by atoms with E-state index in [0.29, 0.717) is 13.0 Å².